The number of pyridine rings is 2. The maximum atomic E-state index is 13.9. The van der Waals surface area contributed by atoms with E-state index in [1.165, 1.54) is 6.20 Å². The van der Waals surface area contributed by atoms with Crippen LogP contribution in [0.3, 0.4) is 0 Å². The maximum Gasteiger partial charge on any atom is 0.416 e. The molecule has 0 bridgehead atoms. The Kier molecular flexibility index (Phi) is 13.2. The molecule has 2 fully saturated rings. The Balaban J connectivity index is 0.000000155. The minimum Gasteiger partial charge on any atom is -0.372 e. The van der Waals surface area contributed by atoms with E-state index in [1.54, 1.807) is 54.6 Å². The molecule has 2 aromatic heterocycles. The van der Waals surface area contributed by atoms with Crippen LogP contribution in [0.5, 0.6) is 0 Å². The molecule has 0 unspecified atom stereocenters. The highest BCUT2D eigenvalue weighted by Gasteiger charge is 2.42. The maximum absolute atomic E-state index is 13.9. The number of nitrogens with zero attached hydrogens (tertiary/aromatic N) is 4. The fraction of sp³-hybridized carbons (Fsp3) is 0.227. The smallest absolute Gasteiger partial charge is 0.372 e. The van der Waals surface area contributed by atoms with E-state index in [-0.39, 0.29) is 0 Å². The third-order valence-electron chi connectivity index (χ3n) is 9.30. The molecular formula is C44H41F6N4P. The van der Waals surface area contributed by atoms with Crippen LogP contribution in [-0.4, -0.2) is 42.1 Å². The first-order valence-corrected chi connectivity index (χ1v) is 19.5. The molecule has 0 saturated carbocycles. The number of rotatable bonds is 6. The van der Waals surface area contributed by atoms with E-state index < -0.39 is 25.6 Å². The summed E-state index contributed by atoms with van der Waals surface area (Å²) < 4.78 is 79.1. The lowest BCUT2D eigenvalue weighted by atomic mass is 10.1. The van der Waals surface area contributed by atoms with Gasteiger partial charge in [-0.2, -0.15) is 26.3 Å². The van der Waals surface area contributed by atoms with Crippen LogP contribution in [0, 0.1) is 0 Å². The summed E-state index contributed by atoms with van der Waals surface area (Å²) >= 11 is 0. The predicted octanol–water partition coefficient (Wildman–Crippen LogP) is 11.4. The van der Waals surface area contributed by atoms with Crippen molar-refractivity contribution < 1.29 is 26.3 Å². The number of alkyl halides is 6. The van der Waals surface area contributed by atoms with Gasteiger partial charge in [-0.25, -0.2) is 0 Å². The standard InChI is InChI=1S/C21H24F3N2P.C12H8F3N.C11H9N/c22-21(23,24)27(19-9-5-17(6-10-19)25-13-1-2-14-25)20-11-7-18(8-12-20)26-15-3-4-16-26;13-12(14,15)10-6-7-16-11(8-10)9-4-2-1-3-5-9;1-2-6-10(7-3-1)11-8-4-5-9-12-11/h5-12H,1-4,13-16H2;1-8H;1-9H. The van der Waals surface area contributed by atoms with Crippen LogP contribution >= 0.6 is 7.92 Å². The Labute approximate surface area is 319 Å². The molecule has 55 heavy (non-hydrogen) atoms. The van der Waals surface area contributed by atoms with Crippen molar-refractivity contribution in [3.63, 3.8) is 0 Å². The van der Waals surface area contributed by atoms with Gasteiger partial charge in [0.2, 0.25) is 0 Å². The number of halogens is 6. The predicted molar refractivity (Wildman–Crippen MR) is 212 cm³/mol. The second-order valence-corrected chi connectivity index (χ2v) is 15.3. The zero-order valence-corrected chi connectivity index (χ0v) is 31.0. The highest BCUT2D eigenvalue weighted by Crippen LogP contribution is 2.51. The summed E-state index contributed by atoms with van der Waals surface area (Å²) in [6, 6.07) is 40.9. The lowest BCUT2D eigenvalue weighted by Gasteiger charge is -2.24. The largest absolute Gasteiger partial charge is 0.416 e. The molecule has 0 aliphatic carbocycles. The van der Waals surface area contributed by atoms with Crippen molar-refractivity contribution >= 4 is 29.9 Å². The lowest BCUT2D eigenvalue weighted by Crippen LogP contribution is -2.24. The molecule has 2 saturated heterocycles. The summed E-state index contributed by atoms with van der Waals surface area (Å²) in [5.41, 5.74) is 4.57. The molecule has 11 heteroatoms. The normalized spacial score (nSPS) is 14.2. The van der Waals surface area contributed by atoms with Crippen LogP contribution in [-0.2, 0) is 6.18 Å². The monoisotopic (exact) mass is 770 g/mol. The van der Waals surface area contributed by atoms with Crippen molar-refractivity contribution in [3.8, 4) is 22.5 Å². The van der Waals surface area contributed by atoms with Gasteiger partial charge < -0.3 is 9.80 Å². The summed E-state index contributed by atoms with van der Waals surface area (Å²) in [4.78, 5) is 12.7. The zero-order chi connectivity index (χ0) is 38.7. The van der Waals surface area contributed by atoms with Crippen LogP contribution in [0.4, 0.5) is 37.7 Å². The molecule has 2 aliphatic heterocycles. The first kappa shape index (κ1) is 39.5. The van der Waals surface area contributed by atoms with Gasteiger partial charge in [-0.3, -0.25) is 9.97 Å². The van der Waals surface area contributed by atoms with Crippen LogP contribution < -0.4 is 20.4 Å². The molecule has 8 rings (SSSR count). The molecule has 4 heterocycles. The van der Waals surface area contributed by atoms with Gasteiger partial charge in [0.1, 0.15) is 0 Å². The van der Waals surface area contributed by atoms with Crippen molar-refractivity contribution in [2.45, 2.75) is 37.8 Å². The summed E-state index contributed by atoms with van der Waals surface area (Å²) in [5.74, 6) is -4.25. The fourth-order valence-corrected chi connectivity index (χ4v) is 8.31. The first-order valence-electron chi connectivity index (χ1n) is 18.2. The van der Waals surface area contributed by atoms with Gasteiger partial charge in [0.15, 0.2) is 0 Å². The number of anilines is 2. The Morgan fingerprint density at radius 3 is 1.31 bits per heavy atom. The topological polar surface area (TPSA) is 32.3 Å². The minimum absolute atomic E-state index is 0.329. The van der Waals surface area contributed by atoms with Gasteiger partial charge in [-0.05, 0) is 84.8 Å². The number of hydrogen-bond acceptors (Lipinski definition) is 4. The summed E-state index contributed by atoms with van der Waals surface area (Å²) in [6.07, 6.45) is 3.27. The Hall–Kier alpha value is -5.21. The summed E-state index contributed by atoms with van der Waals surface area (Å²) in [7, 11) is -2.38. The lowest BCUT2D eigenvalue weighted by molar-refractivity contribution is -0.137. The van der Waals surface area contributed by atoms with Crippen molar-refractivity contribution in [2.75, 3.05) is 36.0 Å². The van der Waals surface area contributed by atoms with E-state index in [0.717, 1.165) is 86.6 Å². The second-order valence-electron chi connectivity index (χ2n) is 13.1. The van der Waals surface area contributed by atoms with E-state index in [0.29, 0.717) is 21.9 Å². The molecule has 284 valence electrons. The van der Waals surface area contributed by atoms with Gasteiger partial charge in [0.05, 0.1) is 24.9 Å². The zero-order valence-electron chi connectivity index (χ0n) is 30.1. The van der Waals surface area contributed by atoms with Crippen molar-refractivity contribution in [1.29, 1.82) is 0 Å². The van der Waals surface area contributed by atoms with Crippen LogP contribution in [0.15, 0.2) is 152 Å². The molecule has 0 spiro atoms. The molecule has 4 aromatic carbocycles. The van der Waals surface area contributed by atoms with Gasteiger partial charge in [0.25, 0.3) is 0 Å². The number of hydrogen-bond donors (Lipinski definition) is 0. The summed E-state index contributed by atoms with van der Waals surface area (Å²) in [5, 5.41) is 0.740. The molecule has 0 N–H and O–H groups in total. The highest BCUT2D eigenvalue weighted by atomic mass is 31.1. The van der Waals surface area contributed by atoms with Crippen molar-refractivity contribution in [3.05, 3.63) is 157 Å². The molecular weight excluding hydrogens is 729 g/mol. The summed E-state index contributed by atoms with van der Waals surface area (Å²) in [6.45, 7) is 3.97. The Morgan fingerprint density at radius 2 is 0.891 bits per heavy atom. The highest BCUT2D eigenvalue weighted by molar-refractivity contribution is 7.73. The van der Waals surface area contributed by atoms with Gasteiger partial charge >= 0.3 is 12.1 Å². The Bertz CT molecular complexity index is 1930. The molecule has 0 amide bonds. The molecule has 2 aliphatic rings. The van der Waals surface area contributed by atoms with E-state index in [1.807, 2.05) is 66.9 Å². The molecule has 4 nitrogen and oxygen atoms in total. The van der Waals surface area contributed by atoms with Gasteiger partial charge in [0, 0.05) is 61.1 Å². The average molecular weight is 771 g/mol. The third kappa shape index (κ3) is 10.9. The van der Waals surface area contributed by atoms with E-state index in [4.69, 9.17) is 0 Å². The molecule has 0 atom stereocenters. The van der Waals surface area contributed by atoms with Crippen LogP contribution in [0.25, 0.3) is 22.5 Å². The quantitative estimate of drug-likeness (QED) is 0.125. The SMILES string of the molecule is FC(F)(F)P(c1ccc(N2CCCC2)cc1)c1ccc(N2CCCC2)cc1.FC(F)(F)c1ccnc(-c2ccccc2)c1.c1ccc(-c2ccccn2)cc1. The number of benzene rings is 4. The Morgan fingerprint density at radius 1 is 0.455 bits per heavy atom. The van der Waals surface area contributed by atoms with E-state index >= 15 is 0 Å². The van der Waals surface area contributed by atoms with Gasteiger partial charge in [-0.15, -0.1) is 0 Å². The van der Waals surface area contributed by atoms with Gasteiger partial charge in [-0.1, -0.05) is 91.0 Å². The number of aromatic nitrogens is 2. The van der Waals surface area contributed by atoms with Crippen molar-refractivity contribution in [1.82, 2.24) is 9.97 Å². The average Bonchev–Trinajstić information content (AvgIpc) is 3.96. The van der Waals surface area contributed by atoms with Crippen molar-refractivity contribution in [2.24, 2.45) is 0 Å². The van der Waals surface area contributed by atoms with Crippen LogP contribution in [0.1, 0.15) is 31.2 Å². The third-order valence-corrected chi connectivity index (χ3v) is 11.4. The first-order chi connectivity index (χ1) is 26.6. The van der Waals surface area contributed by atoms with E-state index in [9.17, 15) is 26.3 Å². The minimum atomic E-state index is -4.33. The van der Waals surface area contributed by atoms with E-state index in [2.05, 4.69) is 31.9 Å². The van der Waals surface area contributed by atoms with Crippen LogP contribution in [0.2, 0.25) is 0 Å². The molecule has 0 radical (unpaired) electrons. The fourth-order valence-electron chi connectivity index (χ4n) is 6.53. The second kappa shape index (κ2) is 18.4. The molecule has 6 aromatic rings.